The van der Waals surface area contributed by atoms with Crippen molar-refractivity contribution in [2.24, 2.45) is 0 Å². The van der Waals surface area contributed by atoms with Gasteiger partial charge in [0.05, 0.1) is 19.8 Å². The normalized spacial score (nSPS) is 10.0. The number of hydrogen-bond acceptors (Lipinski definition) is 6. The van der Waals surface area contributed by atoms with Crippen molar-refractivity contribution >= 4 is 34.2 Å². The van der Waals surface area contributed by atoms with Crippen LogP contribution in [0.5, 0.6) is 0 Å². The second-order valence-electron chi connectivity index (χ2n) is 4.04. The van der Waals surface area contributed by atoms with E-state index in [1.165, 1.54) is 14.2 Å². The number of methoxy groups -OCH3 is 2. The number of esters is 2. The summed E-state index contributed by atoms with van der Waals surface area (Å²) in [6.07, 6.45) is 1.03. The first kappa shape index (κ1) is 16.2. The van der Waals surface area contributed by atoms with E-state index in [9.17, 15) is 14.4 Å². The Kier molecular flexibility index (Phi) is 5.69. The molecule has 6 nitrogen and oxygen atoms in total. The quantitative estimate of drug-likeness (QED) is 0.844. The van der Waals surface area contributed by atoms with Crippen molar-refractivity contribution in [2.75, 3.05) is 19.5 Å². The molecule has 1 aromatic heterocycles. The molecule has 0 radical (unpaired) electrons. The third-order valence-electron chi connectivity index (χ3n) is 2.64. The van der Waals surface area contributed by atoms with Crippen LogP contribution in [0.3, 0.4) is 0 Å². The maximum atomic E-state index is 11.8. The minimum atomic E-state index is -0.597. The van der Waals surface area contributed by atoms with Gasteiger partial charge in [-0.25, -0.2) is 9.59 Å². The third-order valence-corrected chi connectivity index (χ3v) is 3.82. The zero-order chi connectivity index (χ0) is 15.3. The second kappa shape index (κ2) is 7.04. The van der Waals surface area contributed by atoms with Crippen LogP contribution in [0.25, 0.3) is 0 Å². The van der Waals surface area contributed by atoms with E-state index < -0.39 is 11.9 Å². The monoisotopic (exact) mass is 299 g/mol. The topological polar surface area (TPSA) is 81.7 Å². The third kappa shape index (κ3) is 3.36. The molecule has 1 rings (SSSR count). The van der Waals surface area contributed by atoms with Gasteiger partial charge in [-0.1, -0.05) is 6.92 Å². The Hall–Kier alpha value is -1.89. The fraction of sp³-hybridized carbons (Fsp3) is 0.462. The van der Waals surface area contributed by atoms with E-state index >= 15 is 0 Å². The number of amides is 1. The van der Waals surface area contributed by atoms with Gasteiger partial charge in [0.1, 0.15) is 9.88 Å². The predicted octanol–water partition coefficient (Wildman–Crippen LogP) is 2.37. The van der Waals surface area contributed by atoms with Crippen LogP contribution in [0, 0.1) is 6.92 Å². The fourth-order valence-electron chi connectivity index (χ4n) is 1.65. The van der Waals surface area contributed by atoms with E-state index in [0.29, 0.717) is 23.4 Å². The highest BCUT2D eigenvalue weighted by atomic mass is 32.1. The first-order valence-electron chi connectivity index (χ1n) is 6.06. The number of anilines is 1. The summed E-state index contributed by atoms with van der Waals surface area (Å²) in [5.41, 5.74) is 0.642. The molecule has 20 heavy (non-hydrogen) atoms. The van der Waals surface area contributed by atoms with Gasteiger partial charge in [-0.2, -0.15) is 0 Å². The van der Waals surface area contributed by atoms with Crippen LogP contribution in [-0.2, 0) is 14.3 Å². The lowest BCUT2D eigenvalue weighted by Gasteiger charge is -2.05. The SMILES string of the molecule is CCCC(=O)Nc1sc(C(=O)OC)c(C)c1C(=O)OC. The standard InChI is InChI=1S/C13H17NO5S/c1-5-6-8(15)14-11-9(12(16)18-3)7(2)10(20-11)13(17)19-4/h5-6H2,1-4H3,(H,14,15). The van der Waals surface area contributed by atoms with E-state index in [1.54, 1.807) is 6.92 Å². The minimum absolute atomic E-state index is 0.197. The van der Waals surface area contributed by atoms with Crippen LogP contribution in [0.15, 0.2) is 0 Å². The molecule has 0 aliphatic rings. The average Bonchev–Trinajstić information content (AvgIpc) is 2.74. The van der Waals surface area contributed by atoms with Crippen molar-refractivity contribution in [3.8, 4) is 0 Å². The number of rotatable bonds is 5. The lowest BCUT2D eigenvalue weighted by molar-refractivity contribution is -0.116. The largest absolute Gasteiger partial charge is 0.465 e. The second-order valence-corrected chi connectivity index (χ2v) is 5.06. The molecule has 0 atom stereocenters. The van der Waals surface area contributed by atoms with Gasteiger partial charge in [-0.3, -0.25) is 4.79 Å². The van der Waals surface area contributed by atoms with Crippen LogP contribution in [0.1, 0.15) is 45.4 Å². The van der Waals surface area contributed by atoms with E-state index in [0.717, 1.165) is 11.3 Å². The molecular weight excluding hydrogens is 282 g/mol. The van der Waals surface area contributed by atoms with Gasteiger partial charge in [0, 0.05) is 6.42 Å². The molecule has 0 spiro atoms. The summed E-state index contributed by atoms with van der Waals surface area (Å²) in [5, 5.41) is 2.95. The fourth-order valence-corrected chi connectivity index (χ4v) is 2.78. The zero-order valence-corrected chi connectivity index (χ0v) is 12.7. The van der Waals surface area contributed by atoms with E-state index in [2.05, 4.69) is 10.1 Å². The molecule has 0 aliphatic carbocycles. The smallest absolute Gasteiger partial charge is 0.348 e. The van der Waals surface area contributed by atoms with Gasteiger partial charge in [-0.05, 0) is 18.9 Å². The van der Waals surface area contributed by atoms with Gasteiger partial charge >= 0.3 is 11.9 Å². The summed E-state index contributed by atoms with van der Waals surface area (Å²) in [6.45, 7) is 3.49. The summed E-state index contributed by atoms with van der Waals surface area (Å²) >= 11 is 1.01. The summed E-state index contributed by atoms with van der Waals surface area (Å²) in [5.74, 6) is -1.36. The summed E-state index contributed by atoms with van der Waals surface area (Å²) in [4.78, 5) is 35.4. The van der Waals surface area contributed by atoms with E-state index in [4.69, 9.17) is 4.74 Å². The molecule has 0 unspecified atom stereocenters. The van der Waals surface area contributed by atoms with Crippen molar-refractivity contribution in [1.82, 2.24) is 0 Å². The Labute approximate surface area is 121 Å². The molecule has 110 valence electrons. The Morgan fingerprint density at radius 2 is 1.75 bits per heavy atom. The van der Waals surface area contributed by atoms with Crippen molar-refractivity contribution < 1.29 is 23.9 Å². The maximum absolute atomic E-state index is 11.8. The molecule has 1 heterocycles. The Balaban J connectivity index is 3.23. The Bertz CT molecular complexity index is 535. The Morgan fingerprint density at radius 3 is 2.25 bits per heavy atom. The highest BCUT2D eigenvalue weighted by molar-refractivity contribution is 7.18. The number of carbonyl (C=O) groups excluding carboxylic acids is 3. The van der Waals surface area contributed by atoms with E-state index in [1.807, 2.05) is 6.92 Å². The number of thiophene rings is 1. The van der Waals surface area contributed by atoms with Crippen LogP contribution < -0.4 is 5.32 Å². The highest BCUT2D eigenvalue weighted by Gasteiger charge is 2.26. The first-order valence-corrected chi connectivity index (χ1v) is 6.87. The van der Waals surface area contributed by atoms with E-state index in [-0.39, 0.29) is 16.3 Å². The van der Waals surface area contributed by atoms with Gasteiger partial charge < -0.3 is 14.8 Å². The molecule has 0 aromatic carbocycles. The van der Waals surface area contributed by atoms with Crippen molar-refractivity contribution in [2.45, 2.75) is 26.7 Å². The minimum Gasteiger partial charge on any atom is -0.465 e. The lowest BCUT2D eigenvalue weighted by atomic mass is 10.1. The lowest BCUT2D eigenvalue weighted by Crippen LogP contribution is -2.13. The number of carbonyl (C=O) groups is 3. The first-order chi connectivity index (χ1) is 9.46. The zero-order valence-electron chi connectivity index (χ0n) is 11.9. The van der Waals surface area contributed by atoms with Gasteiger partial charge in [-0.15, -0.1) is 11.3 Å². The molecule has 1 N–H and O–H groups in total. The number of hydrogen-bond donors (Lipinski definition) is 1. The molecule has 0 aliphatic heterocycles. The predicted molar refractivity (Wildman–Crippen MR) is 75.3 cm³/mol. The maximum Gasteiger partial charge on any atom is 0.348 e. The molecule has 0 saturated heterocycles. The number of ether oxygens (including phenoxy) is 2. The van der Waals surface area contributed by atoms with Crippen molar-refractivity contribution in [3.63, 3.8) is 0 Å². The van der Waals surface area contributed by atoms with Crippen LogP contribution in [0.2, 0.25) is 0 Å². The van der Waals surface area contributed by atoms with Crippen LogP contribution in [0.4, 0.5) is 5.00 Å². The molecule has 0 fully saturated rings. The van der Waals surface area contributed by atoms with Crippen molar-refractivity contribution in [1.29, 1.82) is 0 Å². The van der Waals surface area contributed by atoms with Crippen molar-refractivity contribution in [3.05, 3.63) is 16.0 Å². The van der Waals surface area contributed by atoms with Gasteiger partial charge in [0.15, 0.2) is 0 Å². The van der Waals surface area contributed by atoms with Crippen LogP contribution in [-0.4, -0.2) is 32.1 Å². The molecule has 1 aromatic rings. The highest BCUT2D eigenvalue weighted by Crippen LogP contribution is 2.34. The molecule has 0 bridgehead atoms. The molecule has 0 saturated carbocycles. The van der Waals surface area contributed by atoms with Gasteiger partial charge in [0.2, 0.25) is 5.91 Å². The van der Waals surface area contributed by atoms with Gasteiger partial charge in [0.25, 0.3) is 0 Å². The summed E-state index contributed by atoms with van der Waals surface area (Å²) < 4.78 is 9.35. The molecule has 1 amide bonds. The summed E-state index contributed by atoms with van der Waals surface area (Å²) in [6, 6.07) is 0. The number of nitrogens with one attached hydrogen (secondary N) is 1. The molecular formula is C13H17NO5S. The molecule has 7 heteroatoms. The average molecular weight is 299 g/mol. The Morgan fingerprint density at radius 1 is 1.15 bits per heavy atom. The van der Waals surface area contributed by atoms with Crippen LogP contribution >= 0.6 is 11.3 Å². The summed E-state index contributed by atoms with van der Waals surface area (Å²) in [7, 11) is 2.50.